The minimum absolute atomic E-state index is 0.0553. The molecule has 3 fully saturated rings. The zero-order chi connectivity index (χ0) is 51.3. The summed E-state index contributed by atoms with van der Waals surface area (Å²) in [6, 6.07) is 5.31. The van der Waals surface area contributed by atoms with E-state index in [0.717, 1.165) is 17.4 Å². The molecule has 1 aromatic heterocycles. The third-order valence-electron chi connectivity index (χ3n) is 15.5. The number of ether oxygens (including phenoxy) is 3. The molecular weight excluding hydrogens is 906 g/mol. The lowest BCUT2D eigenvalue weighted by Crippen LogP contribution is -2.58. The molecule has 2 aromatic rings. The van der Waals surface area contributed by atoms with Crippen LogP contribution in [0.5, 0.6) is 0 Å². The van der Waals surface area contributed by atoms with E-state index >= 15 is 0 Å². The molecule has 17 heteroatoms. The monoisotopic (exact) mass is 988 g/mol. The van der Waals surface area contributed by atoms with Crippen molar-refractivity contribution >= 4 is 27.4 Å². The summed E-state index contributed by atoms with van der Waals surface area (Å²) in [6.45, 7) is 23.0. The minimum atomic E-state index is -3.36. The highest BCUT2D eigenvalue weighted by Crippen LogP contribution is 2.48. The molecule has 3 heterocycles. The highest BCUT2D eigenvalue weighted by Gasteiger charge is 2.52. The number of aliphatic hydroxyl groups excluding tert-OH is 2. The largest absolute Gasteiger partial charge is 0.459 e. The number of nitrogens with zero attached hydrogens (tertiary/aromatic N) is 5. The Balaban J connectivity index is 1.44. The fourth-order valence-corrected chi connectivity index (χ4v) is 12.0. The number of hydrogen-bond donors (Lipinski definition) is 3. The fourth-order valence-electron chi connectivity index (χ4n) is 11.4. The smallest absolute Gasteiger partial charge is 0.311 e. The maximum absolute atomic E-state index is 14.4. The lowest BCUT2D eigenvalue weighted by Gasteiger charge is -2.49. The maximum atomic E-state index is 14.4. The van der Waals surface area contributed by atoms with Crippen molar-refractivity contribution in [2.45, 2.75) is 186 Å². The average molecular weight is 988 g/mol. The van der Waals surface area contributed by atoms with Crippen molar-refractivity contribution in [2.24, 2.45) is 45.9 Å². The number of carbonyl (C=O) groups excluding carboxylic acids is 2. The summed E-state index contributed by atoms with van der Waals surface area (Å²) in [4.78, 5) is 34.1. The van der Waals surface area contributed by atoms with Crippen molar-refractivity contribution in [1.29, 1.82) is 0 Å². The number of allylic oxidation sites excluding steroid dienone is 1. The molecule has 3 aliphatic rings. The molecule has 2 bridgehead atoms. The molecule has 15 nitrogen and oxygen atoms in total. The van der Waals surface area contributed by atoms with Gasteiger partial charge in [-0.3, -0.25) is 9.59 Å². The molecule has 2 aliphatic heterocycles. The van der Waals surface area contributed by atoms with Crippen molar-refractivity contribution in [1.82, 2.24) is 19.9 Å². The van der Waals surface area contributed by atoms with Gasteiger partial charge >= 0.3 is 5.97 Å². The van der Waals surface area contributed by atoms with Crippen molar-refractivity contribution in [3.8, 4) is 0 Å². The van der Waals surface area contributed by atoms with E-state index in [4.69, 9.17) is 14.2 Å². The molecule has 5 rings (SSSR count). The Kier molecular flexibility index (Phi) is 19.1. The van der Waals surface area contributed by atoms with Crippen molar-refractivity contribution in [2.75, 3.05) is 26.5 Å². The number of esters is 1. The van der Waals surface area contributed by atoms with Gasteiger partial charge in [0, 0.05) is 55.9 Å². The van der Waals surface area contributed by atoms with Gasteiger partial charge in [-0.25, -0.2) is 22.5 Å². The third kappa shape index (κ3) is 14.0. The second-order valence-corrected chi connectivity index (χ2v) is 23.9. The Morgan fingerprint density at radius 2 is 1.75 bits per heavy atom. The van der Waals surface area contributed by atoms with Crippen LogP contribution in [0.1, 0.15) is 131 Å². The van der Waals surface area contributed by atoms with Gasteiger partial charge in [0.1, 0.15) is 24.5 Å². The first-order valence-electron chi connectivity index (χ1n) is 25.0. The molecule has 3 N–H and O–H groups in total. The number of amides is 1. The molecular formula is C52H82FN5O10S. The number of likely N-dealkylation sites (N-methyl/N-ethyl adjacent to an activating group) is 1. The Bertz CT molecular complexity index is 2200. The number of sulfone groups is 1. The normalized spacial score (nSPS) is 35.6. The molecule has 0 radical (unpaired) electrons. The number of aliphatic hydroxyl groups is 3. The van der Waals surface area contributed by atoms with E-state index in [9.17, 15) is 37.7 Å². The van der Waals surface area contributed by atoms with Gasteiger partial charge in [-0.15, -0.1) is 5.10 Å². The van der Waals surface area contributed by atoms with Gasteiger partial charge in [0.2, 0.25) is 5.91 Å². The zero-order valence-corrected chi connectivity index (χ0v) is 44.0. The van der Waals surface area contributed by atoms with Crippen LogP contribution in [0.4, 0.5) is 4.39 Å². The van der Waals surface area contributed by atoms with Crippen LogP contribution in [-0.4, -0.2) is 136 Å². The number of fused-ring (bicyclic) bond motifs is 5. The highest BCUT2D eigenvalue weighted by molar-refractivity contribution is 7.90. The number of halogens is 1. The predicted molar refractivity (Wildman–Crippen MR) is 263 cm³/mol. The number of rotatable bonds is 13. The Hall–Kier alpha value is -3.45. The quantitative estimate of drug-likeness (QED) is 0.138. The van der Waals surface area contributed by atoms with E-state index in [-0.39, 0.29) is 35.2 Å². The van der Waals surface area contributed by atoms with Gasteiger partial charge in [0.25, 0.3) is 0 Å². The van der Waals surface area contributed by atoms with Crippen molar-refractivity contribution in [3.05, 3.63) is 53.9 Å². The van der Waals surface area contributed by atoms with Crippen LogP contribution in [0.15, 0.2) is 52.5 Å². The number of benzene rings is 1. The summed E-state index contributed by atoms with van der Waals surface area (Å²) in [5, 5.41) is 45.8. The average Bonchev–Trinajstić information content (AvgIpc) is 3.75. The summed E-state index contributed by atoms with van der Waals surface area (Å²) in [5.74, 6) is -3.80. The second-order valence-electron chi connectivity index (χ2n) is 21.9. The first kappa shape index (κ1) is 56.5. The molecule has 0 spiro atoms. The molecule has 1 aliphatic carbocycles. The summed E-state index contributed by atoms with van der Waals surface area (Å²) < 4.78 is 59.6. The van der Waals surface area contributed by atoms with Crippen molar-refractivity contribution in [3.63, 3.8) is 0 Å². The fraction of sp³-hybridized carbons (Fsp3) is 0.750. The molecule has 2 saturated heterocycles. The summed E-state index contributed by atoms with van der Waals surface area (Å²) in [7, 11) is -1.45. The number of carbonyl (C=O) groups is 2. The van der Waals surface area contributed by atoms with Crippen LogP contribution in [0.2, 0.25) is 0 Å². The van der Waals surface area contributed by atoms with Gasteiger partial charge in [-0.2, -0.15) is 0 Å². The molecule has 69 heavy (non-hydrogen) atoms. The van der Waals surface area contributed by atoms with Crippen LogP contribution in [-0.2, 0) is 46.5 Å². The summed E-state index contributed by atoms with van der Waals surface area (Å²) in [6.07, 6.45) is 1.59. The molecule has 0 unspecified atom stereocenters. The van der Waals surface area contributed by atoms with Gasteiger partial charge in [0.05, 0.1) is 40.9 Å². The van der Waals surface area contributed by atoms with Gasteiger partial charge in [-0.1, -0.05) is 71.0 Å². The minimum Gasteiger partial charge on any atom is -0.459 e. The topological polar surface area (TPSA) is 203 Å². The molecule has 1 amide bonds. The highest BCUT2D eigenvalue weighted by atomic mass is 32.2. The lowest BCUT2D eigenvalue weighted by atomic mass is 9.65. The second kappa shape index (κ2) is 23.4. The Labute approximate surface area is 410 Å². The number of aliphatic imine (C=N–C) groups is 1. The Morgan fingerprint density at radius 1 is 1.09 bits per heavy atom. The van der Waals surface area contributed by atoms with E-state index in [1.165, 1.54) is 23.7 Å². The van der Waals surface area contributed by atoms with E-state index in [1.54, 1.807) is 32.2 Å². The van der Waals surface area contributed by atoms with Crippen LogP contribution < -0.4 is 0 Å². The number of aromatic nitrogens is 3. The Morgan fingerprint density at radius 3 is 2.36 bits per heavy atom. The van der Waals surface area contributed by atoms with Crippen molar-refractivity contribution < 1.29 is 51.9 Å². The first-order valence-corrected chi connectivity index (χ1v) is 26.9. The van der Waals surface area contributed by atoms with E-state index in [0.29, 0.717) is 69.3 Å². The van der Waals surface area contributed by atoms with E-state index < -0.39 is 100.0 Å². The standard InChI is InChI=1S/C52H82FN5O10S/c1-30(2)24-44-52(11,63)42-19-14-31(3)20-22-51(10,27-32(4)45(34(42)6)54-37(9)59)48(35(7)46(60)36(8)49(62)67-44)68-50-47(61)43(25-33(5)66-50)57(12)23-21-39-29-58(56-55-39)40(28-53)26-38-15-17-41(18-16-38)69(13,64)65/h15-18,29-30,32-36,40,42-44,46-48,50,60-61,63H,3,14,19-28H2,1-2,4-13H3/b54-45+/t32-,33-,34-,35+,36-,40+,42-,43+,44-,46+,47-,48-,50+,51-,52+/m1/s1. The van der Waals surface area contributed by atoms with Gasteiger partial charge < -0.3 is 34.4 Å². The summed E-state index contributed by atoms with van der Waals surface area (Å²) in [5.41, 5.74) is 0.735. The molecule has 15 atom stereocenters. The zero-order valence-electron chi connectivity index (χ0n) is 43.2. The number of alkyl halides is 1. The van der Waals surface area contributed by atoms with Crippen LogP contribution in [0.3, 0.4) is 0 Å². The third-order valence-corrected chi connectivity index (χ3v) is 16.7. The molecule has 1 saturated carbocycles. The van der Waals surface area contributed by atoms with Crippen LogP contribution in [0, 0.1) is 40.9 Å². The van der Waals surface area contributed by atoms with Crippen LogP contribution >= 0.6 is 0 Å². The van der Waals surface area contributed by atoms with Crippen LogP contribution in [0.25, 0.3) is 0 Å². The predicted octanol–water partition coefficient (Wildman–Crippen LogP) is 6.92. The lowest BCUT2D eigenvalue weighted by molar-refractivity contribution is -0.293. The SMILES string of the molecule is C=C1CC[C@@H]2[C@@H](C)/C(=N/C(C)=O)[C@H](C)C[C@@](C)(CC1)[C@H](O[C@@H]1O[C@H](C)C[C@H](N(C)CCc3cn([C@H](CF)Cc4ccc(S(C)(=O)=O)cc4)nn3)[C@H]1O)[C@@H](C)[C@H](O)[C@@H](C)C(=O)O[C@H](CC(C)C)[C@@]2(C)O. The van der Waals surface area contributed by atoms with E-state index in [1.807, 2.05) is 53.5 Å². The molecule has 388 valence electrons. The van der Waals surface area contributed by atoms with Gasteiger partial charge in [0.15, 0.2) is 16.1 Å². The van der Waals surface area contributed by atoms with Gasteiger partial charge in [-0.05, 0) is 120 Å². The maximum Gasteiger partial charge on any atom is 0.311 e. The number of cyclic esters (lactones) is 1. The number of hydrogen-bond acceptors (Lipinski definition) is 13. The first-order chi connectivity index (χ1) is 32.2. The summed E-state index contributed by atoms with van der Waals surface area (Å²) >= 11 is 0. The molecule has 1 aromatic carbocycles. The van der Waals surface area contributed by atoms with E-state index in [2.05, 4.69) is 28.8 Å².